The number of aryl methyl sites for hydroxylation is 1. The van der Waals surface area contributed by atoms with Crippen LogP contribution in [0.3, 0.4) is 0 Å². The summed E-state index contributed by atoms with van der Waals surface area (Å²) < 4.78 is 27.9. The van der Waals surface area contributed by atoms with Crippen molar-refractivity contribution in [2.75, 3.05) is 0 Å². The number of halogens is 1. The van der Waals surface area contributed by atoms with Crippen LogP contribution in [0.1, 0.15) is 14.6 Å². The van der Waals surface area contributed by atoms with Crippen LogP contribution < -0.4 is 4.72 Å². The lowest BCUT2D eigenvalue weighted by molar-refractivity contribution is 0.285. The predicted octanol–water partition coefficient (Wildman–Crippen LogP) is 2.85. The third-order valence-electron chi connectivity index (χ3n) is 2.43. The lowest BCUT2D eigenvalue weighted by atomic mass is 10.4. The van der Waals surface area contributed by atoms with E-state index in [0.717, 1.165) is 9.35 Å². The van der Waals surface area contributed by atoms with Gasteiger partial charge in [0.05, 0.1) is 11.5 Å². The summed E-state index contributed by atoms with van der Waals surface area (Å²) in [6.45, 7) is 1.86. The van der Waals surface area contributed by atoms with Gasteiger partial charge in [0.1, 0.15) is 0 Å². The quantitative estimate of drug-likeness (QED) is 0.836. The second-order valence-electron chi connectivity index (χ2n) is 3.85. The van der Waals surface area contributed by atoms with Crippen molar-refractivity contribution in [1.29, 1.82) is 0 Å². The van der Waals surface area contributed by atoms with Gasteiger partial charge in [0.2, 0.25) is 10.0 Å². The van der Waals surface area contributed by atoms with Crippen LogP contribution in [0, 0.1) is 6.92 Å². The Labute approximate surface area is 128 Å². The van der Waals surface area contributed by atoms with E-state index in [-0.39, 0.29) is 18.0 Å². The first-order chi connectivity index (χ1) is 8.92. The number of sulfonamides is 1. The van der Waals surface area contributed by atoms with Gasteiger partial charge in [-0.25, -0.2) is 13.1 Å². The van der Waals surface area contributed by atoms with E-state index in [4.69, 9.17) is 5.11 Å². The molecule has 0 aromatic carbocycles. The normalized spacial score (nSPS) is 11.9. The zero-order chi connectivity index (χ0) is 14.0. The van der Waals surface area contributed by atoms with Gasteiger partial charge in [-0.1, -0.05) is 0 Å². The van der Waals surface area contributed by atoms with Gasteiger partial charge >= 0.3 is 0 Å². The van der Waals surface area contributed by atoms with Crippen molar-refractivity contribution >= 4 is 48.6 Å². The zero-order valence-corrected chi connectivity index (χ0v) is 14.0. The molecule has 8 heteroatoms. The van der Waals surface area contributed by atoms with Crippen molar-refractivity contribution in [3.05, 3.63) is 36.6 Å². The summed E-state index contributed by atoms with van der Waals surface area (Å²) in [4.78, 5) is 2.52. The van der Waals surface area contributed by atoms with Gasteiger partial charge < -0.3 is 5.11 Å². The van der Waals surface area contributed by atoms with Gasteiger partial charge in [0.25, 0.3) is 0 Å². The molecule has 19 heavy (non-hydrogen) atoms. The van der Waals surface area contributed by atoms with Crippen molar-refractivity contribution in [3.8, 4) is 0 Å². The molecule has 2 aromatic heterocycles. The molecule has 2 N–H and O–H groups in total. The summed E-state index contributed by atoms with van der Waals surface area (Å²) in [5.41, 5.74) is 0. The van der Waals surface area contributed by atoms with Crippen LogP contribution in [0.4, 0.5) is 0 Å². The molecule has 0 amide bonds. The summed E-state index contributed by atoms with van der Waals surface area (Å²) in [6.07, 6.45) is 0. The van der Waals surface area contributed by atoms with E-state index in [0.29, 0.717) is 9.75 Å². The molecule has 0 aliphatic heterocycles. The molecule has 0 atom stereocenters. The molecular formula is C11H12BrNO3S3. The van der Waals surface area contributed by atoms with Crippen molar-refractivity contribution in [3.63, 3.8) is 0 Å². The van der Waals surface area contributed by atoms with Crippen LogP contribution >= 0.6 is 38.6 Å². The third-order valence-corrected chi connectivity index (χ3v) is 6.82. The average Bonchev–Trinajstić information content (AvgIpc) is 2.93. The van der Waals surface area contributed by atoms with Crippen LogP contribution in [-0.4, -0.2) is 13.5 Å². The maximum Gasteiger partial charge on any atom is 0.242 e. The first-order valence-corrected chi connectivity index (χ1v) is 9.32. The van der Waals surface area contributed by atoms with E-state index in [1.54, 1.807) is 6.92 Å². The number of hydrogen-bond donors (Lipinski definition) is 2. The lowest BCUT2D eigenvalue weighted by Crippen LogP contribution is -2.22. The molecule has 2 rings (SSSR count). The molecular weight excluding hydrogens is 370 g/mol. The van der Waals surface area contributed by atoms with E-state index in [2.05, 4.69) is 20.7 Å². The van der Waals surface area contributed by atoms with Crippen LogP contribution in [0.2, 0.25) is 0 Å². The Morgan fingerprint density at radius 3 is 2.63 bits per heavy atom. The standard InChI is InChI=1S/C11H12BrNO3S3/c1-7-11(3-10(5-14)18-7)19(15,16)13-4-9-2-8(12)6-17-9/h2-3,6,13-14H,4-5H2,1H3. The molecule has 2 heterocycles. The number of rotatable bonds is 5. The first-order valence-electron chi connectivity index (χ1n) is 5.35. The maximum absolute atomic E-state index is 12.2. The number of hydrogen-bond acceptors (Lipinski definition) is 5. The number of aliphatic hydroxyl groups excluding tert-OH is 1. The second kappa shape index (κ2) is 6.02. The van der Waals surface area contributed by atoms with Gasteiger partial charge in [0, 0.05) is 31.0 Å². The second-order valence-corrected chi connectivity index (χ2v) is 8.83. The minimum atomic E-state index is -3.53. The summed E-state index contributed by atoms with van der Waals surface area (Å²) in [6, 6.07) is 3.40. The van der Waals surface area contributed by atoms with Crippen molar-refractivity contribution in [1.82, 2.24) is 4.72 Å². The minimum Gasteiger partial charge on any atom is -0.391 e. The molecule has 2 aromatic rings. The molecule has 0 radical (unpaired) electrons. The highest BCUT2D eigenvalue weighted by Gasteiger charge is 2.19. The third kappa shape index (κ3) is 3.65. The van der Waals surface area contributed by atoms with Gasteiger partial charge in [-0.2, -0.15) is 0 Å². The van der Waals surface area contributed by atoms with E-state index in [1.165, 1.54) is 28.7 Å². The minimum absolute atomic E-state index is 0.140. The van der Waals surface area contributed by atoms with Crippen LogP contribution in [-0.2, 0) is 23.2 Å². The fourth-order valence-corrected chi connectivity index (χ4v) is 5.54. The number of aliphatic hydroxyl groups is 1. The Hall–Kier alpha value is -0.250. The summed E-state index contributed by atoms with van der Waals surface area (Å²) in [5, 5.41) is 10.9. The fourth-order valence-electron chi connectivity index (χ4n) is 1.56. The molecule has 0 saturated heterocycles. The molecule has 0 spiro atoms. The van der Waals surface area contributed by atoms with E-state index < -0.39 is 10.0 Å². The largest absolute Gasteiger partial charge is 0.391 e. The Balaban J connectivity index is 2.15. The van der Waals surface area contributed by atoms with Crippen molar-refractivity contribution in [2.45, 2.75) is 25.0 Å². The highest BCUT2D eigenvalue weighted by Crippen LogP contribution is 2.26. The highest BCUT2D eigenvalue weighted by atomic mass is 79.9. The summed E-state index contributed by atoms with van der Waals surface area (Å²) in [5.74, 6) is 0. The smallest absolute Gasteiger partial charge is 0.242 e. The molecule has 0 aliphatic rings. The monoisotopic (exact) mass is 381 g/mol. The maximum atomic E-state index is 12.2. The molecule has 0 unspecified atom stereocenters. The van der Waals surface area contributed by atoms with Crippen molar-refractivity contribution < 1.29 is 13.5 Å². The average molecular weight is 382 g/mol. The van der Waals surface area contributed by atoms with Gasteiger partial charge in [-0.05, 0) is 35.0 Å². The van der Waals surface area contributed by atoms with Crippen LogP contribution in [0.5, 0.6) is 0 Å². The van der Waals surface area contributed by atoms with Crippen molar-refractivity contribution in [2.24, 2.45) is 0 Å². The molecule has 0 bridgehead atoms. The number of nitrogens with one attached hydrogen (secondary N) is 1. The van der Waals surface area contributed by atoms with E-state index in [9.17, 15) is 8.42 Å². The lowest BCUT2D eigenvalue weighted by Gasteiger charge is -2.04. The van der Waals surface area contributed by atoms with Crippen LogP contribution in [0.15, 0.2) is 26.9 Å². The summed E-state index contributed by atoms with van der Waals surface area (Å²) >= 11 is 6.11. The Bertz CT molecular complexity index is 675. The fraction of sp³-hybridized carbons (Fsp3) is 0.273. The molecule has 104 valence electrons. The Morgan fingerprint density at radius 1 is 1.37 bits per heavy atom. The van der Waals surface area contributed by atoms with E-state index >= 15 is 0 Å². The predicted molar refractivity (Wildman–Crippen MR) is 81.0 cm³/mol. The van der Waals surface area contributed by atoms with Crippen LogP contribution in [0.25, 0.3) is 0 Å². The molecule has 0 aliphatic carbocycles. The number of thiophene rings is 2. The first kappa shape index (κ1) is 15.1. The summed E-state index contributed by atoms with van der Waals surface area (Å²) in [7, 11) is -3.53. The van der Waals surface area contributed by atoms with Gasteiger partial charge in [0.15, 0.2) is 0 Å². The highest BCUT2D eigenvalue weighted by molar-refractivity contribution is 9.10. The van der Waals surface area contributed by atoms with E-state index in [1.807, 2.05) is 11.4 Å². The zero-order valence-electron chi connectivity index (χ0n) is 10.0. The molecule has 4 nitrogen and oxygen atoms in total. The molecule has 0 fully saturated rings. The Kier molecular flexibility index (Phi) is 4.80. The van der Waals surface area contributed by atoms with Gasteiger partial charge in [-0.15, -0.1) is 22.7 Å². The Morgan fingerprint density at radius 2 is 2.11 bits per heavy atom. The van der Waals surface area contributed by atoms with Gasteiger partial charge in [-0.3, -0.25) is 0 Å². The topological polar surface area (TPSA) is 66.4 Å². The SMILES string of the molecule is Cc1sc(CO)cc1S(=O)(=O)NCc1cc(Br)cs1. The molecule has 0 saturated carbocycles.